The zero-order valence-corrected chi connectivity index (χ0v) is 15.4. The molecule has 140 valence electrons. The Kier molecular flexibility index (Phi) is 4.15. The Morgan fingerprint density at radius 3 is 2.61 bits per heavy atom. The molecule has 2 aliphatic rings. The molecule has 3 aromatic rings. The van der Waals surface area contributed by atoms with Gasteiger partial charge in [-0.25, -0.2) is 14.4 Å². The van der Waals surface area contributed by atoms with Crippen molar-refractivity contribution in [3.63, 3.8) is 0 Å². The maximum atomic E-state index is 13.2. The number of rotatable bonds is 2. The highest BCUT2D eigenvalue weighted by atomic mass is 19.1. The smallest absolute Gasteiger partial charge is 0.225 e. The summed E-state index contributed by atoms with van der Waals surface area (Å²) in [6.45, 7) is 1.65. The van der Waals surface area contributed by atoms with E-state index >= 15 is 0 Å². The van der Waals surface area contributed by atoms with Crippen LogP contribution in [-0.4, -0.2) is 22.3 Å². The molecule has 2 heterocycles. The number of Topliss-reactive ketones (excluding diaryl/α,β-unsaturated/α-hetero) is 1. The Morgan fingerprint density at radius 2 is 1.79 bits per heavy atom. The molecule has 1 aliphatic carbocycles. The summed E-state index contributed by atoms with van der Waals surface area (Å²) < 4.78 is 13.2. The molecule has 0 fully saturated rings. The predicted molar refractivity (Wildman–Crippen MR) is 105 cm³/mol. The van der Waals surface area contributed by atoms with E-state index in [0.29, 0.717) is 24.4 Å². The van der Waals surface area contributed by atoms with E-state index < -0.39 is 0 Å². The number of hydrogen-bond donors (Lipinski definition) is 0. The first-order valence-electron chi connectivity index (χ1n) is 9.63. The highest BCUT2D eigenvalue weighted by Crippen LogP contribution is 2.33. The SMILES string of the molecule is O=C1CC(c2ccc(F)cc2)Cc2nc(N3CCc4ccccc4C3)ncc21. The monoisotopic (exact) mass is 373 g/mol. The minimum Gasteiger partial charge on any atom is -0.336 e. The second-order valence-corrected chi connectivity index (χ2v) is 7.55. The van der Waals surface area contributed by atoms with Crippen LogP contribution < -0.4 is 4.90 Å². The zero-order valence-electron chi connectivity index (χ0n) is 15.4. The van der Waals surface area contributed by atoms with Gasteiger partial charge in [0.1, 0.15) is 5.82 Å². The van der Waals surface area contributed by atoms with E-state index in [9.17, 15) is 9.18 Å². The molecule has 1 aromatic heterocycles. The first-order chi connectivity index (χ1) is 13.7. The molecule has 28 heavy (non-hydrogen) atoms. The topological polar surface area (TPSA) is 46.1 Å². The van der Waals surface area contributed by atoms with E-state index in [-0.39, 0.29) is 17.5 Å². The summed E-state index contributed by atoms with van der Waals surface area (Å²) >= 11 is 0. The van der Waals surface area contributed by atoms with Crippen LogP contribution in [0, 0.1) is 5.82 Å². The van der Waals surface area contributed by atoms with Gasteiger partial charge in [-0.2, -0.15) is 0 Å². The fraction of sp³-hybridized carbons (Fsp3) is 0.261. The third-order valence-electron chi connectivity index (χ3n) is 5.78. The molecule has 0 radical (unpaired) electrons. The number of carbonyl (C=O) groups excluding carboxylic acids is 1. The number of hydrogen-bond acceptors (Lipinski definition) is 4. The maximum absolute atomic E-state index is 13.2. The number of ketones is 1. The minimum atomic E-state index is -0.263. The number of anilines is 1. The average Bonchev–Trinajstić information content (AvgIpc) is 2.73. The highest BCUT2D eigenvalue weighted by molar-refractivity contribution is 5.98. The second-order valence-electron chi connectivity index (χ2n) is 7.55. The standard InChI is InChI=1S/C23H20FN3O/c24-19-7-5-16(6-8-19)18-11-21-20(22(28)12-18)13-25-23(26-21)27-10-9-15-3-1-2-4-17(15)14-27/h1-8,13,18H,9-12,14H2. The van der Waals surface area contributed by atoms with Crippen molar-refractivity contribution in [3.05, 3.63) is 88.5 Å². The van der Waals surface area contributed by atoms with E-state index in [0.717, 1.165) is 30.8 Å². The first kappa shape index (κ1) is 17.0. The van der Waals surface area contributed by atoms with Gasteiger partial charge in [-0.1, -0.05) is 36.4 Å². The van der Waals surface area contributed by atoms with Crippen molar-refractivity contribution in [2.45, 2.75) is 31.7 Å². The van der Waals surface area contributed by atoms with Crippen molar-refractivity contribution >= 4 is 11.7 Å². The molecule has 0 saturated carbocycles. The van der Waals surface area contributed by atoms with E-state index in [1.165, 1.54) is 23.3 Å². The predicted octanol–water partition coefficient (Wildman–Crippen LogP) is 4.09. The number of halogens is 1. The van der Waals surface area contributed by atoms with E-state index in [4.69, 9.17) is 4.98 Å². The van der Waals surface area contributed by atoms with Crippen molar-refractivity contribution in [1.29, 1.82) is 0 Å². The van der Waals surface area contributed by atoms with Crippen LogP contribution in [0.1, 0.15) is 45.1 Å². The summed E-state index contributed by atoms with van der Waals surface area (Å²) in [4.78, 5) is 24.1. The average molecular weight is 373 g/mol. The zero-order chi connectivity index (χ0) is 19.1. The van der Waals surface area contributed by atoms with Gasteiger partial charge in [0.25, 0.3) is 0 Å². The van der Waals surface area contributed by atoms with Gasteiger partial charge >= 0.3 is 0 Å². The lowest BCUT2D eigenvalue weighted by Crippen LogP contribution is -2.32. The first-order valence-corrected chi connectivity index (χ1v) is 9.63. The van der Waals surface area contributed by atoms with Crippen LogP contribution in [0.25, 0.3) is 0 Å². The molecule has 1 atom stereocenters. The number of fused-ring (bicyclic) bond motifs is 2. The molecule has 5 rings (SSSR count). The lowest BCUT2D eigenvalue weighted by atomic mass is 9.82. The molecule has 0 N–H and O–H groups in total. The quantitative estimate of drug-likeness (QED) is 0.679. The Morgan fingerprint density at radius 1 is 1.00 bits per heavy atom. The lowest BCUT2D eigenvalue weighted by molar-refractivity contribution is 0.0962. The number of nitrogens with zero attached hydrogens (tertiary/aromatic N) is 3. The van der Waals surface area contributed by atoms with Crippen LogP contribution in [0.3, 0.4) is 0 Å². The van der Waals surface area contributed by atoms with Crippen LogP contribution in [-0.2, 0) is 19.4 Å². The summed E-state index contributed by atoms with van der Waals surface area (Å²) in [6.07, 6.45) is 3.74. The number of carbonyl (C=O) groups is 1. The van der Waals surface area contributed by atoms with Crippen LogP contribution in [0.15, 0.2) is 54.7 Å². The molecular weight excluding hydrogens is 353 g/mol. The van der Waals surface area contributed by atoms with Crippen LogP contribution in [0.2, 0.25) is 0 Å². The molecule has 1 unspecified atom stereocenters. The molecule has 5 heteroatoms. The summed E-state index contributed by atoms with van der Waals surface area (Å²) in [5.41, 5.74) is 5.08. The fourth-order valence-corrected chi connectivity index (χ4v) is 4.22. The third-order valence-corrected chi connectivity index (χ3v) is 5.78. The molecule has 1 aliphatic heterocycles. The van der Waals surface area contributed by atoms with Crippen molar-refractivity contribution in [2.24, 2.45) is 0 Å². The number of aromatic nitrogens is 2. The molecule has 0 saturated heterocycles. The Bertz CT molecular complexity index is 1050. The van der Waals surface area contributed by atoms with Gasteiger partial charge in [0.05, 0.1) is 11.3 Å². The molecule has 0 bridgehead atoms. The van der Waals surface area contributed by atoms with E-state index in [2.05, 4.69) is 34.1 Å². The molecule has 2 aromatic carbocycles. The van der Waals surface area contributed by atoms with Crippen LogP contribution in [0.5, 0.6) is 0 Å². The highest BCUT2D eigenvalue weighted by Gasteiger charge is 2.29. The van der Waals surface area contributed by atoms with Gasteiger partial charge in [-0.3, -0.25) is 4.79 Å². The third kappa shape index (κ3) is 3.07. The van der Waals surface area contributed by atoms with Crippen LogP contribution in [0.4, 0.5) is 10.3 Å². The van der Waals surface area contributed by atoms with Gasteiger partial charge in [0.2, 0.25) is 5.95 Å². The van der Waals surface area contributed by atoms with Gasteiger partial charge in [0.15, 0.2) is 5.78 Å². The summed E-state index contributed by atoms with van der Waals surface area (Å²) in [5.74, 6) is 0.513. The second kappa shape index (κ2) is 6.82. The largest absolute Gasteiger partial charge is 0.336 e. The molecule has 0 spiro atoms. The summed E-state index contributed by atoms with van der Waals surface area (Å²) in [7, 11) is 0. The molecule has 4 nitrogen and oxygen atoms in total. The van der Waals surface area contributed by atoms with E-state index in [1.54, 1.807) is 18.3 Å². The summed E-state index contributed by atoms with van der Waals surface area (Å²) in [5, 5.41) is 0. The van der Waals surface area contributed by atoms with Crippen molar-refractivity contribution in [1.82, 2.24) is 9.97 Å². The Balaban J connectivity index is 1.43. The van der Waals surface area contributed by atoms with Gasteiger partial charge in [0, 0.05) is 25.7 Å². The lowest BCUT2D eigenvalue weighted by Gasteiger charge is -2.30. The van der Waals surface area contributed by atoms with Gasteiger partial charge in [-0.05, 0) is 47.6 Å². The van der Waals surface area contributed by atoms with Crippen LogP contribution >= 0.6 is 0 Å². The van der Waals surface area contributed by atoms with Crippen molar-refractivity contribution in [3.8, 4) is 0 Å². The number of benzene rings is 2. The fourth-order valence-electron chi connectivity index (χ4n) is 4.22. The minimum absolute atomic E-state index is 0.0328. The Labute approximate surface area is 163 Å². The molecular formula is C23H20FN3O. The normalized spacial score (nSPS) is 18.5. The van der Waals surface area contributed by atoms with E-state index in [1.807, 2.05) is 0 Å². The van der Waals surface area contributed by atoms with Crippen molar-refractivity contribution < 1.29 is 9.18 Å². The maximum Gasteiger partial charge on any atom is 0.225 e. The van der Waals surface area contributed by atoms with Gasteiger partial charge in [-0.15, -0.1) is 0 Å². The Hall–Kier alpha value is -3.08. The molecule has 0 amide bonds. The van der Waals surface area contributed by atoms with Crippen molar-refractivity contribution in [2.75, 3.05) is 11.4 Å². The van der Waals surface area contributed by atoms with Gasteiger partial charge < -0.3 is 4.90 Å². The summed E-state index contributed by atoms with van der Waals surface area (Å²) in [6, 6.07) is 14.9.